The van der Waals surface area contributed by atoms with Gasteiger partial charge in [-0.2, -0.15) is 5.10 Å². The largest absolute Gasteiger partial charge is 0.368 e. The molecule has 1 amide bonds. The van der Waals surface area contributed by atoms with Crippen LogP contribution in [0.5, 0.6) is 0 Å². The summed E-state index contributed by atoms with van der Waals surface area (Å²) in [5.41, 5.74) is 8.90. The van der Waals surface area contributed by atoms with Crippen molar-refractivity contribution in [2.24, 2.45) is 5.73 Å². The highest BCUT2D eigenvalue weighted by molar-refractivity contribution is 5.85. The van der Waals surface area contributed by atoms with Gasteiger partial charge in [0.05, 0.1) is 18.0 Å². The van der Waals surface area contributed by atoms with E-state index in [1.165, 1.54) is 5.56 Å². The fourth-order valence-corrected chi connectivity index (χ4v) is 5.56. The fourth-order valence-electron chi connectivity index (χ4n) is 5.56. The maximum Gasteiger partial charge on any atom is 0.224 e. The second kappa shape index (κ2) is 10.7. The highest BCUT2D eigenvalue weighted by Gasteiger charge is 2.44. The Morgan fingerprint density at radius 2 is 1.85 bits per heavy atom. The Bertz CT molecular complexity index is 930. The molecule has 2 N–H and O–H groups in total. The lowest BCUT2D eigenvalue weighted by molar-refractivity contribution is -0.142. The summed E-state index contributed by atoms with van der Waals surface area (Å²) in [4.78, 5) is 17.3. The van der Waals surface area contributed by atoms with Gasteiger partial charge in [0.1, 0.15) is 5.60 Å². The van der Waals surface area contributed by atoms with Crippen LogP contribution >= 0.6 is 24.8 Å². The molecule has 0 radical (unpaired) electrons. The molecule has 3 aliphatic rings. The van der Waals surface area contributed by atoms with Gasteiger partial charge in [0.2, 0.25) is 5.91 Å². The first-order chi connectivity index (χ1) is 15.1. The number of hydrogen-bond acceptors (Lipinski definition) is 5. The molecule has 7 nitrogen and oxygen atoms in total. The van der Waals surface area contributed by atoms with Crippen LogP contribution in [0.25, 0.3) is 5.69 Å². The molecule has 0 bridgehead atoms. The number of ether oxygens (including phenoxy) is 1. The number of nitrogens with two attached hydrogens (primary N) is 1. The van der Waals surface area contributed by atoms with Gasteiger partial charge >= 0.3 is 0 Å². The Hall–Kier alpha value is -1.64. The third-order valence-electron chi connectivity index (χ3n) is 7.58. The van der Waals surface area contributed by atoms with Crippen molar-refractivity contribution in [1.82, 2.24) is 19.6 Å². The normalized spacial score (nSPS) is 24.1. The summed E-state index contributed by atoms with van der Waals surface area (Å²) in [6.07, 6.45) is 7.40. The maximum atomic E-state index is 13.0. The maximum absolute atomic E-state index is 13.0. The molecule has 2 saturated heterocycles. The summed E-state index contributed by atoms with van der Waals surface area (Å²) in [5, 5.41) is 4.95. The van der Waals surface area contributed by atoms with Crippen LogP contribution in [0.3, 0.4) is 0 Å². The van der Waals surface area contributed by atoms with Crippen LogP contribution in [0.2, 0.25) is 0 Å². The van der Waals surface area contributed by atoms with Crippen LogP contribution in [0, 0.1) is 0 Å². The quantitative estimate of drug-likeness (QED) is 0.705. The summed E-state index contributed by atoms with van der Waals surface area (Å²) in [5.74, 6) is 0.259. The zero-order chi connectivity index (χ0) is 21.4. The van der Waals surface area contributed by atoms with Crippen LogP contribution in [0.1, 0.15) is 43.4 Å². The molecule has 1 spiro atoms. The highest BCUT2D eigenvalue weighted by atomic mass is 35.5. The number of halogens is 2. The molecule has 0 aliphatic carbocycles. The molecule has 1 aromatic carbocycles. The smallest absolute Gasteiger partial charge is 0.224 e. The first-order valence-electron chi connectivity index (χ1n) is 11.6. The van der Waals surface area contributed by atoms with Crippen molar-refractivity contribution in [1.29, 1.82) is 0 Å². The van der Waals surface area contributed by atoms with E-state index in [-0.39, 0.29) is 36.3 Å². The lowest BCUT2D eigenvalue weighted by Gasteiger charge is -2.43. The molecule has 3 aliphatic heterocycles. The minimum Gasteiger partial charge on any atom is -0.368 e. The number of nitrogens with zero attached hydrogens (tertiary/aromatic N) is 4. The summed E-state index contributed by atoms with van der Waals surface area (Å²) >= 11 is 0. The highest BCUT2D eigenvalue weighted by Crippen LogP contribution is 2.41. The van der Waals surface area contributed by atoms with Crippen LogP contribution in [-0.2, 0) is 21.6 Å². The molecule has 2 fully saturated rings. The van der Waals surface area contributed by atoms with Gasteiger partial charge in [-0.1, -0.05) is 18.2 Å². The van der Waals surface area contributed by atoms with Gasteiger partial charge in [0, 0.05) is 44.3 Å². The zero-order valence-corrected chi connectivity index (χ0v) is 20.8. The predicted molar refractivity (Wildman–Crippen MR) is 133 cm³/mol. The number of rotatable bonds is 4. The van der Waals surface area contributed by atoms with Gasteiger partial charge < -0.3 is 15.4 Å². The molecular formula is C24H35Cl2N5O2. The monoisotopic (exact) mass is 495 g/mol. The SMILES string of the molecule is CN1[C@@H](CN)CC[C@H]1CC(=O)N1CCC2(CC1)OCCc1cn(-c3ccccc3)nc12.Cl.Cl. The van der Waals surface area contributed by atoms with Gasteiger partial charge in [0.25, 0.3) is 0 Å². The fraction of sp³-hybridized carbons (Fsp3) is 0.583. The number of carbonyl (C=O) groups is 1. The number of carbonyl (C=O) groups excluding carboxylic acids is 1. The number of para-hydroxylation sites is 1. The number of benzene rings is 1. The number of likely N-dealkylation sites (tertiary alicyclic amines) is 2. The molecule has 2 atom stereocenters. The van der Waals surface area contributed by atoms with Crippen LogP contribution in [0.4, 0.5) is 0 Å². The Morgan fingerprint density at radius 3 is 2.52 bits per heavy atom. The number of likely N-dealkylation sites (N-methyl/N-ethyl adjacent to an activating group) is 1. The Labute approximate surface area is 208 Å². The van der Waals surface area contributed by atoms with E-state index in [0.29, 0.717) is 25.0 Å². The van der Waals surface area contributed by atoms with Gasteiger partial charge in [0.15, 0.2) is 0 Å². The van der Waals surface area contributed by atoms with E-state index < -0.39 is 0 Å². The Kier molecular flexibility index (Phi) is 8.45. The molecule has 1 aromatic heterocycles. The van der Waals surface area contributed by atoms with E-state index in [0.717, 1.165) is 63.2 Å². The van der Waals surface area contributed by atoms with Crippen molar-refractivity contribution in [3.05, 3.63) is 47.8 Å². The lowest BCUT2D eigenvalue weighted by Crippen LogP contribution is -2.49. The van der Waals surface area contributed by atoms with E-state index in [4.69, 9.17) is 15.6 Å². The number of hydrogen-bond donors (Lipinski definition) is 1. The molecule has 0 unspecified atom stereocenters. The van der Waals surface area contributed by atoms with Crippen LogP contribution in [-0.4, -0.2) is 70.9 Å². The van der Waals surface area contributed by atoms with E-state index in [1.807, 2.05) is 27.8 Å². The predicted octanol–water partition coefficient (Wildman–Crippen LogP) is 2.92. The number of piperidine rings is 1. The van der Waals surface area contributed by atoms with Crippen molar-refractivity contribution in [3.63, 3.8) is 0 Å². The molecule has 182 valence electrons. The second-order valence-electron chi connectivity index (χ2n) is 9.25. The lowest BCUT2D eigenvalue weighted by atomic mass is 9.83. The van der Waals surface area contributed by atoms with Crippen molar-refractivity contribution in [2.45, 2.75) is 56.2 Å². The molecular weight excluding hydrogens is 461 g/mol. The van der Waals surface area contributed by atoms with Crippen molar-refractivity contribution >= 4 is 30.7 Å². The number of aromatic nitrogens is 2. The molecule has 33 heavy (non-hydrogen) atoms. The van der Waals surface area contributed by atoms with E-state index in [2.05, 4.69) is 30.3 Å². The van der Waals surface area contributed by atoms with Gasteiger partial charge in [-0.05, 0) is 56.8 Å². The van der Waals surface area contributed by atoms with E-state index in [1.54, 1.807) is 0 Å². The molecule has 0 saturated carbocycles. The second-order valence-corrected chi connectivity index (χ2v) is 9.25. The Balaban J connectivity index is 0.00000153. The number of fused-ring (bicyclic) bond motifs is 2. The standard InChI is InChI=1S/C24H33N5O2.2ClH/c1-27-20(7-8-21(27)16-25)15-22(30)28-12-10-24(11-13-28)23-18(9-14-31-24)17-29(26-23)19-5-3-2-4-6-19;;/h2-6,17,20-21H,7-16,25H2,1H3;2*1H/t20-,21+;;/m0../s1. The van der Waals surface area contributed by atoms with Crippen LogP contribution < -0.4 is 5.73 Å². The molecule has 9 heteroatoms. The van der Waals surface area contributed by atoms with Crippen molar-refractivity contribution in [2.75, 3.05) is 33.3 Å². The average molecular weight is 496 g/mol. The zero-order valence-electron chi connectivity index (χ0n) is 19.2. The van der Waals surface area contributed by atoms with Crippen molar-refractivity contribution in [3.8, 4) is 5.69 Å². The van der Waals surface area contributed by atoms with Gasteiger partial charge in [-0.15, -0.1) is 24.8 Å². The summed E-state index contributed by atoms with van der Waals surface area (Å²) < 4.78 is 8.33. The minimum atomic E-state index is -0.362. The Morgan fingerprint density at radius 1 is 1.15 bits per heavy atom. The molecule has 5 rings (SSSR count). The third kappa shape index (κ3) is 4.93. The third-order valence-corrected chi connectivity index (χ3v) is 7.58. The summed E-state index contributed by atoms with van der Waals surface area (Å²) in [6.45, 7) is 2.85. The van der Waals surface area contributed by atoms with Crippen LogP contribution in [0.15, 0.2) is 36.5 Å². The summed E-state index contributed by atoms with van der Waals surface area (Å²) in [6, 6.07) is 11.0. The van der Waals surface area contributed by atoms with Gasteiger partial charge in [-0.25, -0.2) is 4.68 Å². The number of amides is 1. The minimum absolute atomic E-state index is 0. The topological polar surface area (TPSA) is 76.6 Å². The average Bonchev–Trinajstić information content (AvgIpc) is 3.40. The summed E-state index contributed by atoms with van der Waals surface area (Å²) in [7, 11) is 2.11. The van der Waals surface area contributed by atoms with Gasteiger partial charge in [-0.3, -0.25) is 9.69 Å². The first-order valence-corrected chi connectivity index (χ1v) is 11.6. The first kappa shape index (κ1) is 26.0. The molecule has 2 aromatic rings. The molecule has 4 heterocycles. The van der Waals surface area contributed by atoms with E-state index in [9.17, 15) is 4.79 Å². The van der Waals surface area contributed by atoms with E-state index >= 15 is 0 Å². The van der Waals surface area contributed by atoms with Crippen molar-refractivity contribution < 1.29 is 9.53 Å².